The smallest absolute Gasteiger partial charge is 0.265 e. The first-order valence-electron chi connectivity index (χ1n) is 9.66. The molecule has 0 aliphatic carbocycles. The maximum Gasteiger partial charge on any atom is 0.265 e. The van der Waals surface area contributed by atoms with Gasteiger partial charge < -0.3 is 15.1 Å². The molecule has 2 amide bonds. The van der Waals surface area contributed by atoms with Gasteiger partial charge in [-0.2, -0.15) is 0 Å². The molecule has 2 aliphatic heterocycles. The van der Waals surface area contributed by atoms with Crippen LogP contribution in [0.2, 0.25) is 0 Å². The van der Waals surface area contributed by atoms with Gasteiger partial charge in [-0.3, -0.25) is 9.59 Å². The minimum absolute atomic E-state index is 0.0841. The van der Waals surface area contributed by atoms with Crippen molar-refractivity contribution in [3.05, 3.63) is 11.4 Å². The van der Waals surface area contributed by atoms with Crippen molar-refractivity contribution in [1.82, 2.24) is 25.4 Å². The first-order chi connectivity index (χ1) is 13.2. The second kappa shape index (κ2) is 8.50. The van der Waals surface area contributed by atoms with E-state index in [0.717, 1.165) is 0 Å². The number of likely N-dealkylation sites (N-methyl/N-ethyl adjacent to an activating group) is 1. The minimum Gasteiger partial charge on any atom is -0.352 e. The van der Waals surface area contributed by atoms with Gasteiger partial charge in [0.05, 0.1) is 18.9 Å². The highest BCUT2D eigenvalue weighted by Crippen LogP contribution is 2.28. The number of rotatable bonds is 4. The number of hydrogen-bond donors (Lipinski definition) is 1. The van der Waals surface area contributed by atoms with Crippen LogP contribution in [0.5, 0.6) is 0 Å². The first kappa shape index (κ1) is 20.6. The van der Waals surface area contributed by atoms with E-state index in [2.05, 4.69) is 20.3 Å². The Bertz CT molecular complexity index is 711. The predicted octanol–water partition coefficient (Wildman–Crippen LogP) is 1.00. The summed E-state index contributed by atoms with van der Waals surface area (Å²) in [6.07, 6.45) is 1.43. The Labute approximate surface area is 162 Å². The van der Waals surface area contributed by atoms with Crippen LogP contribution in [-0.2, 0) is 16.0 Å². The number of alkyl halides is 2. The van der Waals surface area contributed by atoms with Crippen LogP contribution in [0.3, 0.4) is 0 Å². The summed E-state index contributed by atoms with van der Waals surface area (Å²) in [4.78, 5) is 28.3. The van der Waals surface area contributed by atoms with Gasteiger partial charge in [-0.25, -0.2) is 13.4 Å². The lowest BCUT2D eigenvalue weighted by atomic mass is 9.98. The number of halogens is 2. The highest BCUT2D eigenvalue weighted by atomic mass is 19.3. The van der Waals surface area contributed by atoms with E-state index < -0.39 is 12.5 Å². The van der Waals surface area contributed by atoms with Gasteiger partial charge in [0, 0.05) is 32.1 Å². The number of hydrogen-bond acceptors (Lipinski definition) is 6. The zero-order valence-electron chi connectivity index (χ0n) is 16.3. The van der Waals surface area contributed by atoms with Crippen molar-refractivity contribution in [1.29, 1.82) is 0 Å². The lowest BCUT2D eigenvalue weighted by Gasteiger charge is -2.35. The largest absolute Gasteiger partial charge is 0.352 e. The molecule has 3 heterocycles. The molecule has 0 aromatic carbocycles. The van der Waals surface area contributed by atoms with E-state index in [9.17, 15) is 18.4 Å². The monoisotopic (exact) mass is 399 g/mol. The van der Waals surface area contributed by atoms with E-state index in [1.54, 1.807) is 6.92 Å². The predicted molar refractivity (Wildman–Crippen MR) is 95.7 cm³/mol. The van der Waals surface area contributed by atoms with E-state index >= 15 is 0 Å². The summed E-state index contributed by atoms with van der Waals surface area (Å²) in [6, 6.07) is -0.113. The SMILES string of the molecule is Cc1nonc1CC(=O)N[C@H]1CC[C@@H](C(=O)N2CCCC(F)(F)C2)CN(C)C1. The summed E-state index contributed by atoms with van der Waals surface area (Å²) >= 11 is 0. The van der Waals surface area contributed by atoms with E-state index in [0.29, 0.717) is 50.3 Å². The first-order valence-corrected chi connectivity index (χ1v) is 9.66. The van der Waals surface area contributed by atoms with Crippen LogP contribution >= 0.6 is 0 Å². The molecular formula is C18H27F2N5O3. The normalized spacial score (nSPS) is 25.9. The number of carbonyl (C=O) groups is 2. The van der Waals surface area contributed by atoms with Gasteiger partial charge in [0.25, 0.3) is 5.92 Å². The number of carbonyl (C=O) groups excluding carboxylic acids is 2. The van der Waals surface area contributed by atoms with Gasteiger partial charge >= 0.3 is 0 Å². The molecule has 8 nitrogen and oxygen atoms in total. The van der Waals surface area contributed by atoms with Gasteiger partial charge in [-0.15, -0.1) is 0 Å². The highest BCUT2D eigenvalue weighted by Gasteiger charge is 2.39. The van der Waals surface area contributed by atoms with E-state index in [1.165, 1.54) is 4.90 Å². The maximum absolute atomic E-state index is 13.7. The van der Waals surface area contributed by atoms with E-state index in [4.69, 9.17) is 0 Å². The Morgan fingerprint density at radius 2 is 2.07 bits per heavy atom. The third-order valence-electron chi connectivity index (χ3n) is 5.42. The number of likely N-dealkylation sites (tertiary alicyclic amines) is 2. The Morgan fingerprint density at radius 3 is 2.75 bits per heavy atom. The summed E-state index contributed by atoms with van der Waals surface area (Å²) in [5.41, 5.74) is 1.08. The summed E-state index contributed by atoms with van der Waals surface area (Å²) in [6.45, 7) is 2.72. The summed E-state index contributed by atoms with van der Waals surface area (Å²) in [7, 11) is 1.88. The molecule has 28 heavy (non-hydrogen) atoms. The molecule has 0 radical (unpaired) electrons. The fraction of sp³-hybridized carbons (Fsp3) is 0.778. The zero-order chi connectivity index (χ0) is 20.3. The molecule has 2 fully saturated rings. The Balaban J connectivity index is 1.54. The molecule has 2 aliphatic rings. The van der Waals surface area contributed by atoms with Crippen molar-refractivity contribution in [3.8, 4) is 0 Å². The number of nitrogens with zero attached hydrogens (tertiary/aromatic N) is 4. The minimum atomic E-state index is -2.80. The zero-order valence-corrected chi connectivity index (χ0v) is 16.3. The molecule has 1 aromatic heterocycles. The average molecular weight is 399 g/mol. The fourth-order valence-electron chi connectivity index (χ4n) is 3.98. The molecule has 3 rings (SSSR count). The van der Waals surface area contributed by atoms with Crippen molar-refractivity contribution >= 4 is 11.8 Å². The Kier molecular flexibility index (Phi) is 6.26. The van der Waals surface area contributed by atoms with Gasteiger partial charge in [0.15, 0.2) is 0 Å². The lowest BCUT2D eigenvalue weighted by molar-refractivity contribution is -0.146. The van der Waals surface area contributed by atoms with Crippen LogP contribution < -0.4 is 5.32 Å². The number of aryl methyl sites for hydroxylation is 1. The number of piperidine rings is 1. The van der Waals surface area contributed by atoms with Gasteiger partial charge in [-0.05, 0) is 33.2 Å². The van der Waals surface area contributed by atoms with Crippen LogP contribution in [0.25, 0.3) is 0 Å². The van der Waals surface area contributed by atoms with E-state index in [1.807, 2.05) is 11.9 Å². The molecule has 0 unspecified atom stereocenters. The van der Waals surface area contributed by atoms with Crippen molar-refractivity contribution in [2.75, 3.05) is 33.2 Å². The van der Waals surface area contributed by atoms with Crippen molar-refractivity contribution in [3.63, 3.8) is 0 Å². The molecular weight excluding hydrogens is 372 g/mol. The Morgan fingerprint density at radius 1 is 1.29 bits per heavy atom. The maximum atomic E-state index is 13.7. The van der Waals surface area contributed by atoms with Gasteiger partial charge in [0.1, 0.15) is 11.4 Å². The van der Waals surface area contributed by atoms with Crippen LogP contribution in [0.1, 0.15) is 37.1 Å². The van der Waals surface area contributed by atoms with Crippen molar-refractivity contribution in [2.24, 2.45) is 5.92 Å². The second-order valence-corrected chi connectivity index (χ2v) is 7.95. The molecule has 10 heteroatoms. The third-order valence-corrected chi connectivity index (χ3v) is 5.42. The van der Waals surface area contributed by atoms with Crippen LogP contribution in [-0.4, -0.2) is 77.1 Å². The van der Waals surface area contributed by atoms with Crippen molar-refractivity contribution < 1.29 is 23.0 Å². The van der Waals surface area contributed by atoms with Crippen LogP contribution in [0.4, 0.5) is 8.78 Å². The lowest BCUT2D eigenvalue weighted by Crippen LogP contribution is -2.49. The van der Waals surface area contributed by atoms with Crippen LogP contribution in [0, 0.1) is 12.8 Å². The summed E-state index contributed by atoms with van der Waals surface area (Å²) in [5, 5.41) is 10.3. The second-order valence-electron chi connectivity index (χ2n) is 7.95. The fourth-order valence-corrected chi connectivity index (χ4v) is 3.98. The number of amides is 2. The van der Waals surface area contributed by atoms with Crippen molar-refractivity contribution in [2.45, 2.75) is 51.0 Å². The molecule has 2 atom stereocenters. The quantitative estimate of drug-likeness (QED) is 0.812. The highest BCUT2D eigenvalue weighted by molar-refractivity contribution is 5.80. The standard InChI is InChI=1S/C18H27F2N5O3/c1-12-15(23-28-22-12)8-16(26)21-14-5-4-13(9-24(2)10-14)17(27)25-7-3-6-18(19,20)11-25/h13-14H,3-11H2,1-2H3,(H,21,26)/t13-,14+/m1/s1. The van der Waals surface area contributed by atoms with Gasteiger partial charge in [0.2, 0.25) is 11.8 Å². The molecule has 0 bridgehead atoms. The molecule has 2 saturated heterocycles. The number of nitrogens with one attached hydrogen (secondary N) is 1. The molecule has 156 valence electrons. The van der Waals surface area contributed by atoms with Crippen LogP contribution in [0.15, 0.2) is 4.63 Å². The van der Waals surface area contributed by atoms with E-state index in [-0.39, 0.29) is 36.6 Å². The third kappa shape index (κ3) is 5.24. The molecule has 1 N–H and O–H groups in total. The number of aromatic nitrogens is 2. The topological polar surface area (TPSA) is 91.6 Å². The summed E-state index contributed by atoms with van der Waals surface area (Å²) < 4.78 is 31.9. The molecule has 0 saturated carbocycles. The molecule has 1 aromatic rings. The average Bonchev–Trinajstić information content (AvgIpc) is 2.91. The summed E-state index contributed by atoms with van der Waals surface area (Å²) in [5.74, 6) is -3.52. The Hall–Kier alpha value is -2.10. The molecule has 0 spiro atoms. The van der Waals surface area contributed by atoms with Gasteiger partial charge in [-0.1, -0.05) is 10.3 Å².